The maximum Gasteiger partial charge on any atom is 0.138 e. The van der Waals surface area contributed by atoms with E-state index in [2.05, 4.69) is 16.8 Å². The number of hydrogen-bond acceptors (Lipinski definition) is 2. The molecule has 0 unspecified atom stereocenters. The molecular formula is C11H11ClFNO. The standard InChI is InChI=1S/C11H11ClFNO/c12-4-1-3-10-7-11(9-14-8-10)15-6-2-5-13/h7-9H,2,4-6H2. The third-order valence-corrected chi connectivity index (χ3v) is 1.69. The van der Waals surface area contributed by atoms with Crippen molar-refractivity contribution in [1.29, 1.82) is 0 Å². The summed E-state index contributed by atoms with van der Waals surface area (Å²) >= 11 is 5.43. The number of ether oxygens (including phenoxy) is 1. The van der Waals surface area contributed by atoms with Gasteiger partial charge in [0.2, 0.25) is 0 Å². The first-order chi connectivity index (χ1) is 7.36. The molecule has 0 aromatic carbocycles. The molecule has 0 aliphatic rings. The van der Waals surface area contributed by atoms with Gasteiger partial charge in [-0.15, -0.1) is 11.6 Å². The molecule has 0 atom stereocenters. The van der Waals surface area contributed by atoms with Crippen LogP contribution < -0.4 is 4.74 Å². The molecule has 15 heavy (non-hydrogen) atoms. The number of alkyl halides is 2. The van der Waals surface area contributed by atoms with Crippen LogP contribution in [0, 0.1) is 11.8 Å². The lowest BCUT2D eigenvalue weighted by Gasteiger charge is -2.03. The summed E-state index contributed by atoms with van der Waals surface area (Å²) in [6.45, 7) is -0.0241. The first kappa shape index (κ1) is 11.8. The van der Waals surface area contributed by atoms with Gasteiger partial charge in [0.1, 0.15) is 5.75 Å². The summed E-state index contributed by atoms with van der Waals surface area (Å²) in [5.74, 6) is 6.43. The van der Waals surface area contributed by atoms with Crippen LogP contribution in [0.1, 0.15) is 12.0 Å². The molecule has 1 aromatic rings. The predicted octanol–water partition coefficient (Wildman–Crippen LogP) is 2.41. The van der Waals surface area contributed by atoms with Gasteiger partial charge < -0.3 is 4.74 Å². The predicted molar refractivity (Wildman–Crippen MR) is 57.9 cm³/mol. The van der Waals surface area contributed by atoms with Gasteiger partial charge >= 0.3 is 0 Å². The fourth-order valence-corrected chi connectivity index (χ4v) is 1.01. The van der Waals surface area contributed by atoms with Crippen molar-refractivity contribution in [3.05, 3.63) is 24.0 Å². The topological polar surface area (TPSA) is 22.1 Å². The normalized spacial score (nSPS) is 9.20. The molecule has 0 N–H and O–H groups in total. The van der Waals surface area contributed by atoms with Gasteiger partial charge in [0.25, 0.3) is 0 Å². The van der Waals surface area contributed by atoms with Crippen molar-refractivity contribution in [2.75, 3.05) is 19.2 Å². The highest BCUT2D eigenvalue weighted by atomic mass is 35.5. The summed E-state index contributed by atoms with van der Waals surface area (Å²) < 4.78 is 17.1. The summed E-state index contributed by atoms with van der Waals surface area (Å²) in [7, 11) is 0. The van der Waals surface area contributed by atoms with Crippen LogP contribution in [0.5, 0.6) is 5.75 Å². The van der Waals surface area contributed by atoms with Crippen molar-refractivity contribution < 1.29 is 9.13 Å². The first-order valence-corrected chi connectivity index (χ1v) is 5.09. The highest BCUT2D eigenvalue weighted by Gasteiger charge is 1.95. The second-order valence-electron chi connectivity index (χ2n) is 2.74. The van der Waals surface area contributed by atoms with Gasteiger partial charge in [-0.25, -0.2) is 0 Å². The lowest BCUT2D eigenvalue weighted by molar-refractivity contribution is 0.288. The fourth-order valence-electron chi connectivity index (χ4n) is 0.946. The van der Waals surface area contributed by atoms with Crippen LogP contribution in [0.4, 0.5) is 4.39 Å². The molecule has 0 radical (unpaired) electrons. The lowest BCUT2D eigenvalue weighted by atomic mass is 10.3. The molecular weight excluding hydrogens is 217 g/mol. The Labute approximate surface area is 93.4 Å². The molecule has 0 saturated carbocycles. The Morgan fingerprint density at radius 1 is 1.47 bits per heavy atom. The summed E-state index contributed by atoms with van der Waals surface area (Å²) in [5, 5.41) is 0. The van der Waals surface area contributed by atoms with E-state index in [9.17, 15) is 4.39 Å². The molecule has 0 aliphatic heterocycles. The zero-order valence-electron chi connectivity index (χ0n) is 8.17. The minimum atomic E-state index is -0.376. The zero-order chi connectivity index (χ0) is 10.9. The van der Waals surface area contributed by atoms with Crippen molar-refractivity contribution >= 4 is 11.6 Å². The zero-order valence-corrected chi connectivity index (χ0v) is 8.93. The molecule has 1 heterocycles. The third kappa shape index (κ3) is 4.66. The summed E-state index contributed by atoms with van der Waals surface area (Å²) in [4.78, 5) is 3.95. The van der Waals surface area contributed by atoms with Crippen molar-refractivity contribution in [1.82, 2.24) is 4.98 Å². The number of hydrogen-bond donors (Lipinski definition) is 0. The molecule has 0 spiro atoms. The van der Waals surface area contributed by atoms with Gasteiger partial charge in [-0.3, -0.25) is 9.37 Å². The van der Waals surface area contributed by atoms with Gasteiger partial charge in [0.15, 0.2) is 0 Å². The van der Waals surface area contributed by atoms with Crippen LogP contribution in [-0.2, 0) is 0 Å². The molecule has 0 amide bonds. The van der Waals surface area contributed by atoms with Gasteiger partial charge in [0, 0.05) is 18.2 Å². The monoisotopic (exact) mass is 227 g/mol. The second-order valence-corrected chi connectivity index (χ2v) is 3.00. The van der Waals surface area contributed by atoms with E-state index < -0.39 is 0 Å². The Kier molecular flexibility index (Phi) is 5.57. The molecule has 80 valence electrons. The van der Waals surface area contributed by atoms with E-state index in [0.29, 0.717) is 18.8 Å². The van der Waals surface area contributed by atoms with Gasteiger partial charge in [-0.1, -0.05) is 11.8 Å². The Morgan fingerprint density at radius 2 is 2.33 bits per heavy atom. The number of pyridine rings is 1. The molecule has 0 fully saturated rings. The third-order valence-electron chi connectivity index (χ3n) is 1.56. The maximum absolute atomic E-state index is 11.8. The van der Waals surface area contributed by atoms with Crippen molar-refractivity contribution in [3.63, 3.8) is 0 Å². The number of nitrogens with zero attached hydrogens (tertiary/aromatic N) is 1. The summed E-state index contributed by atoms with van der Waals surface area (Å²) in [5.41, 5.74) is 0.744. The summed E-state index contributed by atoms with van der Waals surface area (Å²) in [6, 6.07) is 1.75. The van der Waals surface area contributed by atoms with Crippen LogP contribution in [-0.4, -0.2) is 24.1 Å². The van der Waals surface area contributed by atoms with E-state index in [0.717, 1.165) is 5.56 Å². The van der Waals surface area contributed by atoms with Crippen molar-refractivity contribution in [2.24, 2.45) is 0 Å². The van der Waals surface area contributed by atoms with Crippen LogP contribution in [0.25, 0.3) is 0 Å². The lowest BCUT2D eigenvalue weighted by Crippen LogP contribution is -1.98. The van der Waals surface area contributed by atoms with Gasteiger partial charge in [-0.2, -0.15) is 0 Å². The highest BCUT2D eigenvalue weighted by Crippen LogP contribution is 2.10. The SMILES string of the molecule is FCCCOc1cncc(C#CCCl)c1. The van der Waals surface area contributed by atoms with Crippen molar-refractivity contribution in [3.8, 4) is 17.6 Å². The summed E-state index contributed by atoms with van der Waals surface area (Å²) in [6.07, 6.45) is 3.59. The molecule has 1 rings (SSSR count). The second kappa shape index (κ2) is 7.08. The quantitative estimate of drug-likeness (QED) is 0.448. The van der Waals surface area contributed by atoms with E-state index in [1.165, 1.54) is 0 Å². The van der Waals surface area contributed by atoms with Crippen LogP contribution in [0.3, 0.4) is 0 Å². The van der Waals surface area contributed by atoms with Crippen molar-refractivity contribution in [2.45, 2.75) is 6.42 Å². The van der Waals surface area contributed by atoms with E-state index >= 15 is 0 Å². The van der Waals surface area contributed by atoms with Crippen LogP contribution in [0.2, 0.25) is 0 Å². The minimum absolute atomic E-state index is 0.285. The Balaban J connectivity index is 2.57. The minimum Gasteiger partial charge on any atom is -0.492 e. The van der Waals surface area contributed by atoms with E-state index in [1.807, 2.05) is 0 Å². The molecule has 4 heteroatoms. The van der Waals surface area contributed by atoms with Gasteiger partial charge in [-0.05, 0) is 6.07 Å². The van der Waals surface area contributed by atoms with Gasteiger partial charge in [0.05, 0.1) is 25.4 Å². The average Bonchev–Trinajstić information content (AvgIpc) is 2.27. The molecule has 0 bridgehead atoms. The molecule has 2 nitrogen and oxygen atoms in total. The largest absolute Gasteiger partial charge is 0.492 e. The maximum atomic E-state index is 11.8. The molecule has 0 aliphatic carbocycles. The Morgan fingerprint density at radius 3 is 3.07 bits per heavy atom. The fraction of sp³-hybridized carbons (Fsp3) is 0.364. The first-order valence-electron chi connectivity index (χ1n) is 4.55. The van der Waals surface area contributed by atoms with Crippen LogP contribution >= 0.6 is 11.6 Å². The number of halogens is 2. The smallest absolute Gasteiger partial charge is 0.138 e. The Bertz CT molecular complexity index is 359. The van der Waals surface area contributed by atoms with Crippen LogP contribution in [0.15, 0.2) is 18.5 Å². The molecule has 0 saturated heterocycles. The van der Waals surface area contributed by atoms with E-state index in [4.69, 9.17) is 16.3 Å². The highest BCUT2D eigenvalue weighted by molar-refractivity contribution is 6.19. The Hall–Kier alpha value is -1.27. The number of aromatic nitrogens is 1. The van der Waals surface area contributed by atoms with E-state index in [-0.39, 0.29) is 12.6 Å². The number of rotatable bonds is 4. The van der Waals surface area contributed by atoms with E-state index in [1.54, 1.807) is 18.5 Å². The molecule has 1 aromatic heterocycles. The average molecular weight is 228 g/mol.